The summed E-state index contributed by atoms with van der Waals surface area (Å²) in [6.07, 6.45) is 0. The van der Waals surface area contributed by atoms with Crippen LogP contribution in [0.4, 0.5) is 11.4 Å². The number of hydrogen-bond acceptors (Lipinski definition) is 2. The molecule has 0 aromatic heterocycles. The summed E-state index contributed by atoms with van der Waals surface area (Å²) in [5.41, 5.74) is 2.00. The molecular formula is C17H19NO2. The molecule has 0 heterocycles. The molecule has 0 aliphatic carbocycles. The zero-order valence-corrected chi connectivity index (χ0v) is 11.7. The van der Waals surface area contributed by atoms with Crippen molar-refractivity contribution in [1.29, 1.82) is 0 Å². The molecule has 3 heteroatoms. The van der Waals surface area contributed by atoms with Crippen LogP contribution in [0.15, 0.2) is 60.7 Å². The highest BCUT2D eigenvalue weighted by Gasteiger charge is 2.26. The van der Waals surface area contributed by atoms with Crippen LogP contribution in [0.3, 0.4) is 0 Å². The highest BCUT2D eigenvalue weighted by Crippen LogP contribution is 2.30. The quantitative estimate of drug-likeness (QED) is 0.894. The van der Waals surface area contributed by atoms with Crippen LogP contribution in [-0.2, 0) is 4.79 Å². The van der Waals surface area contributed by atoms with E-state index in [1.807, 2.05) is 67.6 Å². The number of rotatable bonds is 5. The maximum Gasteiger partial charge on any atom is 0.308 e. The van der Waals surface area contributed by atoms with Gasteiger partial charge < -0.3 is 10.0 Å². The molecular weight excluding hydrogens is 250 g/mol. The molecule has 0 saturated heterocycles. The fraction of sp³-hybridized carbons (Fsp3) is 0.235. The van der Waals surface area contributed by atoms with Gasteiger partial charge in [0.2, 0.25) is 0 Å². The minimum absolute atomic E-state index is 0.141. The molecule has 104 valence electrons. The van der Waals surface area contributed by atoms with Crippen LogP contribution in [0.1, 0.15) is 13.8 Å². The van der Waals surface area contributed by atoms with Gasteiger partial charge in [-0.1, -0.05) is 36.4 Å². The number of carboxylic acids is 1. The number of benzene rings is 2. The van der Waals surface area contributed by atoms with Crippen molar-refractivity contribution in [2.75, 3.05) is 4.90 Å². The smallest absolute Gasteiger partial charge is 0.308 e. The second-order valence-electron chi connectivity index (χ2n) is 4.91. The van der Waals surface area contributed by atoms with Gasteiger partial charge in [-0.05, 0) is 38.1 Å². The molecule has 3 nitrogen and oxygen atoms in total. The summed E-state index contributed by atoms with van der Waals surface area (Å²) in [5.74, 6) is -1.25. The Morgan fingerprint density at radius 3 is 1.65 bits per heavy atom. The normalized spacial score (nSPS) is 13.5. The minimum Gasteiger partial charge on any atom is -0.481 e. The summed E-state index contributed by atoms with van der Waals surface area (Å²) in [7, 11) is 0. The topological polar surface area (TPSA) is 40.5 Å². The van der Waals surface area contributed by atoms with Crippen LogP contribution in [0, 0.1) is 5.92 Å². The van der Waals surface area contributed by atoms with Gasteiger partial charge in [-0.2, -0.15) is 0 Å². The molecule has 0 aliphatic heterocycles. The first kappa shape index (κ1) is 14.1. The number of anilines is 2. The molecule has 0 spiro atoms. The standard InChI is InChI=1S/C17H19NO2/c1-13(17(19)20)14(2)18(15-9-5-3-6-10-15)16-11-7-4-8-12-16/h3-14H,1-2H3,(H,19,20). The number of para-hydroxylation sites is 2. The van der Waals surface area contributed by atoms with Gasteiger partial charge in [-0.3, -0.25) is 4.79 Å². The highest BCUT2D eigenvalue weighted by atomic mass is 16.4. The molecule has 0 bridgehead atoms. The van der Waals surface area contributed by atoms with E-state index in [0.717, 1.165) is 11.4 Å². The van der Waals surface area contributed by atoms with Crippen LogP contribution >= 0.6 is 0 Å². The number of carboxylic acid groups (broad SMARTS) is 1. The lowest BCUT2D eigenvalue weighted by atomic mass is 10.0. The van der Waals surface area contributed by atoms with Crippen molar-refractivity contribution in [1.82, 2.24) is 0 Å². The third-order valence-electron chi connectivity index (χ3n) is 3.59. The molecule has 0 radical (unpaired) electrons. The molecule has 0 fully saturated rings. The summed E-state index contributed by atoms with van der Waals surface area (Å²) in [6.45, 7) is 3.69. The lowest BCUT2D eigenvalue weighted by molar-refractivity contribution is -0.141. The molecule has 0 amide bonds. The van der Waals surface area contributed by atoms with Gasteiger partial charge in [-0.15, -0.1) is 0 Å². The van der Waals surface area contributed by atoms with Crippen molar-refractivity contribution in [3.8, 4) is 0 Å². The van der Waals surface area contributed by atoms with Gasteiger partial charge >= 0.3 is 5.97 Å². The van der Waals surface area contributed by atoms with E-state index in [1.54, 1.807) is 6.92 Å². The zero-order chi connectivity index (χ0) is 14.5. The predicted octanol–water partition coefficient (Wildman–Crippen LogP) is 3.93. The van der Waals surface area contributed by atoms with E-state index in [4.69, 9.17) is 0 Å². The third kappa shape index (κ3) is 2.99. The fourth-order valence-electron chi connectivity index (χ4n) is 2.23. The average Bonchev–Trinajstić information content (AvgIpc) is 2.48. The van der Waals surface area contributed by atoms with Crippen molar-refractivity contribution >= 4 is 17.3 Å². The zero-order valence-electron chi connectivity index (χ0n) is 11.7. The van der Waals surface area contributed by atoms with Crippen LogP contribution in [0.5, 0.6) is 0 Å². The van der Waals surface area contributed by atoms with Crippen molar-refractivity contribution in [2.45, 2.75) is 19.9 Å². The lowest BCUT2D eigenvalue weighted by Crippen LogP contribution is -2.37. The van der Waals surface area contributed by atoms with Crippen LogP contribution < -0.4 is 4.90 Å². The largest absolute Gasteiger partial charge is 0.481 e. The Kier molecular flexibility index (Phi) is 4.41. The van der Waals surface area contributed by atoms with Crippen LogP contribution in [0.2, 0.25) is 0 Å². The van der Waals surface area contributed by atoms with E-state index in [9.17, 15) is 9.90 Å². The van der Waals surface area contributed by atoms with E-state index in [-0.39, 0.29) is 6.04 Å². The predicted molar refractivity (Wildman–Crippen MR) is 81.3 cm³/mol. The minimum atomic E-state index is -0.783. The molecule has 2 rings (SSSR count). The highest BCUT2D eigenvalue weighted by molar-refractivity contribution is 5.73. The third-order valence-corrected chi connectivity index (χ3v) is 3.59. The molecule has 2 aromatic rings. The van der Waals surface area contributed by atoms with Crippen LogP contribution in [-0.4, -0.2) is 17.1 Å². The molecule has 2 aromatic carbocycles. The second kappa shape index (κ2) is 6.24. The Morgan fingerprint density at radius 2 is 1.30 bits per heavy atom. The number of nitrogens with zero attached hydrogens (tertiary/aromatic N) is 1. The lowest BCUT2D eigenvalue weighted by Gasteiger charge is -2.33. The summed E-state index contributed by atoms with van der Waals surface area (Å²) in [6, 6.07) is 19.6. The van der Waals surface area contributed by atoms with Gasteiger partial charge in [0.15, 0.2) is 0 Å². The fourth-order valence-corrected chi connectivity index (χ4v) is 2.23. The first-order chi connectivity index (χ1) is 9.61. The Morgan fingerprint density at radius 1 is 0.900 bits per heavy atom. The molecule has 0 saturated carbocycles. The van der Waals surface area contributed by atoms with Crippen molar-refractivity contribution in [2.24, 2.45) is 5.92 Å². The maximum atomic E-state index is 11.3. The first-order valence-electron chi connectivity index (χ1n) is 6.73. The van der Waals surface area contributed by atoms with Crippen LogP contribution in [0.25, 0.3) is 0 Å². The molecule has 2 atom stereocenters. The van der Waals surface area contributed by atoms with Gasteiger partial charge in [0.05, 0.1) is 5.92 Å². The summed E-state index contributed by atoms with van der Waals surface area (Å²) in [4.78, 5) is 13.3. The maximum absolute atomic E-state index is 11.3. The van der Waals surface area contributed by atoms with E-state index < -0.39 is 11.9 Å². The molecule has 1 N–H and O–H groups in total. The van der Waals surface area contributed by atoms with Crippen molar-refractivity contribution in [3.63, 3.8) is 0 Å². The molecule has 0 aliphatic rings. The number of carbonyl (C=O) groups is 1. The van der Waals surface area contributed by atoms with E-state index >= 15 is 0 Å². The van der Waals surface area contributed by atoms with Gasteiger partial charge in [0.1, 0.15) is 0 Å². The van der Waals surface area contributed by atoms with E-state index in [2.05, 4.69) is 4.90 Å². The SMILES string of the molecule is CC(C(=O)O)C(C)N(c1ccccc1)c1ccccc1. The average molecular weight is 269 g/mol. The molecule has 2 unspecified atom stereocenters. The molecule has 20 heavy (non-hydrogen) atoms. The first-order valence-corrected chi connectivity index (χ1v) is 6.73. The van der Waals surface area contributed by atoms with Gasteiger partial charge in [0, 0.05) is 17.4 Å². The Bertz CT molecular complexity index is 514. The van der Waals surface area contributed by atoms with Crippen molar-refractivity contribution < 1.29 is 9.90 Å². The van der Waals surface area contributed by atoms with Gasteiger partial charge in [-0.25, -0.2) is 0 Å². The number of hydrogen-bond donors (Lipinski definition) is 1. The monoisotopic (exact) mass is 269 g/mol. The van der Waals surface area contributed by atoms with Gasteiger partial charge in [0.25, 0.3) is 0 Å². The Hall–Kier alpha value is -2.29. The number of aliphatic carboxylic acids is 1. The summed E-state index contributed by atoms with van der Waals surface area (Å²) in [5, 5.41) is 9.27. The summed E-state index contributed by atoms with van der Waals surface area (Å²) < 4.78 is 0. The summed E-state index contributed by atoms with van der Waals surface area (Å²) >= 11 is 0. The van der Waals surface area contributed by atoms with E-state index in [1.165, 1.54) is 0 Å². The Labute approximate surface area is 119 Å². The van der Waals surface area contributed by atoms with Crippen molar-refractivity contribution in [3.05, 3.63) is 60.7 Å². The Balaban J connectivity index is 2.43. The second-order valence-corrected chi connectivity index (χ2v) is 4.91. The van der Waals surface area contributed by atoms with E-state index in [0.29, 0.717) is 0 Å².